The molecule has 0 saturated carbocycles. The number of Topliss-reactive ketones (excluding diaryl/α,β-unsaturated/α-hetero) is 1. The van der Waals surface area contributed by atoms with Gasteiger partial charge in [-0.15, -0.1) is 0 Å². The van der Waals surface area contributed by atoms with E-state index in [1.165, 1.54) is 7.11 Å². The fourth-order valence-electron chi connectivity index (χ4n) is 1.39. The highest BCUT2D eigenvalue weighted by atomic mass is 16.5. The molecule has 20 heavy (non-hydrogen) atoms. The summed E-state index contributed by atoms with van der Waals surface area (Å²) in [6.07, 6.45) is -0.981. The number of rotatable bonds is 7. The molecular weight excluding hydrogens is 266 g/mol. The van der Waals surface area contributed by atoms with E-state index in [4.69, 9.17) is 9.84 Å². The van der Waals surface area contributed by atoms with Crippen LogP contribution in [0.2, 0.25) is 0 Å². The Morgan fingerprint density at radius 1 is 1.25 bits per heavy atom. The molecule has 7 nitrogen and oxygen atoms in total. The maximum Gasteiger partial charge on any atom is 0.408 e. The van der Waals surface area contributed by atoms with E-state index in [-0.39, 0.29) is 6.61 Å². The van der Waals surface area contributed by atoms with Crippen LogP contribution in [0.1, 0.15) is 5.56 Å². The average Bonchev–Trinajstić information content (AvgIpc) is 2.43. The largest absolute Gasteiger partial charge is 0.479 e. The second kappa shape index (κ2) is 7.90. The number of amides is 1. The number of carbonyl (C=O) groups excluding carboxylic acids is 2. The minimum Gasteiger partial charge on any atom is -0.479 e. The van der Waals surface area contributed by atoms with Crippen LogP contribution >= 0.6 is 0 Å². The van der Waals surface area contributed by atoms with Gasteiger partial charge < -0.3 is 19.9 Å². The maximum atomic E-state index is 11.5. The summed E-state index contributed by atoms with van der Waals surface area (Å²) < 4.78 is 9.37. The molecule has 0 fully saturated rings. The molecule has 0 radical (unpaired) electrons. The summed E-state index contributed by atoms with van der Waals surface area (Å²) in [5, 5.41) is 10.8. The smallest absolute Gasteiger partial charge is 0.408 e. The highest BCUT2D eigenvalue weighted by Crippen LogP contribution is 2.01. The van der Waals surface area contributed by atoms with Crippen molar-refractivity contribution in [2.75, 3.05) is 13.7 Å². The third-order valence-corrected chi connectivity index (χ3v) is 2.33. The van der Waals surface area contributed by atoms with Crippen LogP contribution in [0, 0.1) is 0 Å². The average molecular weight is 281 g/mol. The van der Waals surface area contributed by atoms with E-state index >= 15 is 0 Å². The van der Waals surface area contributed by atoms with E-state index in [1.54, 1.807) is 24.3 Å². The molecule has 7 heteroatoms. The molecule has 0 spiro atoms. The maximum absolute atomic E-state index is 11.5. The number of alkyl carbamates (subject to hydrolysis) is 1. The quantitative estimate of drug-likeness (QED) is 0.709. The van der Waals surface area contributed by atoms with E-state index in [2.05, 4.69) is 4.74 Å². The van der Waals surface area contributed by atoms with Crippen molar-refractivity contribution in [1.29, 1.82) is 0 Å². The fourth-order valence-corrected chi connectivity index (χ4v) is 1.39. The molecule has 1 aromatic carbocycles. The molecule has 0 saturated heterocycles. The Morgan fingerprint density at radius 3 is 2.45 bits per heavy atom. The number of methoxy groups -OCH3 is 1. The number of carboxylic acid groups (broad SMARTS) is 1. The van der Waals surface area contributed by atoms with Gasteiger partial charge in [0.05, 0.1) is 0 Å². The van der Waals surface area contributed by atoms with Crippen LogP contribution in [-0.2, 0) is 25.7 Å². The molecule has 0 aliphatic heterocycles. The summed E-state index contributed by atoms with van der Waals surface area (Å²) >= 11 is 0. The van der Waals surface area contributed by atoms with Crippen molar-refractivity contribution < 1.29 is 29.0 Å². The van der Waals surface area contributed by atoms with Crippen molar-refractivity contribution in [2.24, 2.45) is 0 Å². The molecule has 0 bridgehead atoms. The van der Waals surface area contributed by atoms with Crippen LogP contribution in [0.25, 0.3) is 0 Å². The zero-order valence-electron chi connectivity index (χ0n) is 10.9. The zero-order chi connectivity index (χ0) is 15.0. The number of ether oxygens (including phenoxy) is 2. The number of aliphatic carboxylic acids is 1. The molecule has 1 atom stereocenters. The van der Waals surface area contributed by atoms with E-state index in [0.717, 1.165) is 5.56 Å². The van der Waals surface area contributed by atoms with Gasteiger partial charge in [0.15, 0.2) is 11.8 Å². The van der Waals surface area contributed by atoms with Gasteiger partial charge in [-0.25, -0.2) is 9.59 Å². The number of hydrogen-bond acceptors (Lipinski definition) is 5. The van der Waals surface area contributed by atoms with Crippen LogP contribution < -0.4 is 5.32 Å². The second-order valence-corrected chi connectivity index (χ2v) is 3.88. The van der Waals surface area contributed by atoms with Gasteiger partial charge in [-0.05, 0) is 5.56 Å². The monoisotopic (exact) mass is 281 g/mol. The van der Waals surface area contributed by atoms with Crippen LogP contribution in [0.5, 0.6) is 0 Å². The van der Waals surface area contributed by atoms with Crippen LogP contribution in [0.15, 0.2) is 30.3 Å². The summed E-state index contributed by atoms with van der Waals surface area (Å²) in [5.74, 6) is -2.24. The number of benzene rings is 1. The summed E-state index contributed by atoms with van der Waals surface area (Å²) in [5.41, 5.74) is 0.748. The van der Waals surface area contributed by atoms with Gasteiger partial charge in [0.25, 0.3) is 0 Å². The van der Waals surface area contributed by atoms with E-state index in [9.17, 15) is 14.4 Å². The first-order valence-electron chi connectivity index (χ1n) is 5.76. The summed E-state index contributed by atoms with van der Waals surface area (Å²) in [4.78, 5) is 33.7. The summed E-state index contributed by atoms with van der Waals surface area (Å²) in [7, 11) is 1.25. The van der Waals surface area contributed by atoms with Crippen LogP contribution in [0.3, 0.4) is 0 Å². The summed E-state index contributed by atoms with van der Waals surface area (Å²) in [6, 6.07) is 7.18. The molecular formula is C13H15NO6. The highest BCUT2D eigenvalue weighted by Gasteiger charge is 2.28. The van der Waals surface area contributed by atoms with Gasteiger partial charge in [0, 0.05) is 7.11 Å². The molecule has 0 heterocycles. The highest BCUT2D eigenvalue weighted by molar-refractivity contribution is 6.05. The number of ketones is 1. The predicted molar refractivity (Wildman–Crippen MR) is 68.1 cm³/mol. The lowest BCUT2D eigenvalue weighted by Gasteiger charge is -2.13. The number of nitrogens with one attached hydrogen (secondary N) is 1. The van der Waals surface area contributed by atoms with Crippen molar-refractivity contribution in [3.63, 3.8) is 0 Å². The van der Waals surface area contributed by atoms with Gasteiger partial charge in [-0.2, -0.15) is 0 Å². The van der Waals surface area contributed by atoms with Gasteiger partial charge in [0.2, 0.25) is 0 Å². The Balaban J connectivity index is 2.50. The molecule has 1 rings (SSSR count). The molecule has 0 aliphatic rings. The Labute approximate surface area is 115 Å². The Bertz CT molecular complexity index is 473. The number of carbonyl (C=O) groups is 3. The van der Waals surface area contributed by atoms with E-state index in [1.807, 2.05) is 11.4 Å². The van der Waals surface area contributed by atoms with Crippen LogP contribution in [0.4, 0.5) is 4.79 Å². The van der Waals surface area contributed by atoms with E-state index in [0.29, 0.717) is 0 Å². The third kappa shape index (κ3) is 5.07. The number of carboxylic acids is 1. The van der Waals surface area contributed by atoms with Gasteiger partial charge in [-0.1, -0.05) is 30.3 Å². The van der Waals surface area contributed by atoms with Crippen molar-refractivity contribution in [2.45, 2.75) is 12.6 Å². The molecule has 2 N–H and O–H groups in total. The minimum atomic E-state index is -1.68. The first kappa shape index (κ1) is 15.6. The van der Waals surface area contributed by atoms with Crippen molar-refractivity contribution in [1.82, 2.24) is 5.32 Å². The summed E-state index contributed by atoms with van der Waals surface area (Å²) in [6.45, 7) is -0.423. The molecule has 1 unspecified atom stereocenters. The Hall–Kier alpha value is -2.41. The molecule has 1 aromatic rings. The Kier molecular flexibility index (Phi) is 6.18. The van der Waals surface area contributed by atoms with Crippen LogP contribution in [-0.4, -0.2) is 42.7 Å². The molecule has 1 amide bonds. The first-order valence-corrected chi connectivity index (χ1v) is 5.76. The molecule has 0 aromatic heterocycles. The van der Waals surface area contributed by atoms with Crippen molar-refractivity contribution >= 4 is 17.8 Å². The second-order valence-electron chi connectivity index (χ2n) is 3.88. The topological polar surface area (TPSA) is 102 Å². The number of hydrogen-bond donors (Lipinski definition) is 2. The lowest BCUT2D eigenvalue weighted by molar-refractivity contribution is -0.144. The lowest BCUT2D eigenvalue weighted by atomic mass is 10.2. The minimum absolute atomic E-state index is 0.0164. The predicted octanol–water partition coefficient (Wildman–Crippen LogP) is 0.581. The van der Waals surface area contributed by atoms with E-state index < -0.39 is 30.5 Å². The first-order chi connectivity index (χ1) is 9.54. The van der Waals surface area contributed by atoms with Gasteiger partial charge in [-0.3, -0.25) is 4.79 Å². The SMILES string of the molecule is COCC(=O)C(NC(=O)OCc1ccccc1)C(=O)O. The zero-order valence-corrected chi connectivity index (χ0v) is 10.9. The normalized spacial score (nSPS) is 11.4. The Morgan fingerprint density at radius 2 is 1.90 bits per heavy atom. The standard InChI is InChI=1S/C13H15NO6/c1-19-8-10(15)11(12(16)17)14-13(18)20-7-9-5-3-2-4-6-9/h2-6,11H,7-8H2,1H3,(H,14,18)(H,16,17). The lowest BCUT2D eigenvalue weighted by Crippen LogP contribution is -2.47. The fraction of sp³-hybridized carbons (Fsp3) is 0.308. The van der Waals surface area contributed by atoms with Gasteiger partial charge >= 0.3 is 12.1 Å². The van der Waals surface area contributed by atoms with Crippen molar-refractivity contribution in [3.05, 3.63) is 35.9 Å². The third-order valence-electron chi connectivity index (χ3n) is 2.33. The molecule has 108 valence electrons. The van der Waals surface area contributed by atoms with Crippen molar-refractivity contribution in [3.8, 4) is 0 Å². The van der Waals surface area contributed by atoms with Gasteiger partial charge in [0.1, 0.15) is 13.2 Å². The molecule has 0 aliphatic carbocycles.